The minimum absolute atomic E-state index is 0.153. The van der Waals surface area contributed by atoms with Gasteiger partial charge in [0.2, 0.25) is 17.7 Å². The highest BCUT2D eigenvalue weighted by atomic mass is 16.2. The highest BCUT2D eigenvalue weighted by Crippen LogP contribution is 2.08. The van der Waals surface area contributed by atoms with Crippen molar-refractivity contribution < 1.29 is 14.4 Å². The van der Waals surface area contributed by atoms with Gasteiger partial charge in [0.05, 0.1) is 0 Å². The van der Waals surface area contributed by atoms with Gasteiger partial charge in [-0.3, -0.25) is 19.7 Å². The van der Waals surface area contributed by atoms with Crippen molar-refractivity contribution in [2.24, 2.45) is 5.73 Å². The largest absolute Gasteiger partial charge is 0.370 e. The second kappa shape index (κ2) is 13.6. The number of carbonyl (C=O) groups excluding carboxylic acids is 3. The first-order valence-electron chi connectivity index (χ1n) is 8.17. The fourth-order valence-corrected chi connectivity index (χ4v) is 2.11. The summed E-state index contributed by atoms with van der Waals surface area (Å²) in [6.07, 6.45) is 10.0. The molecule has 0 aliphatic heterocycles. The molecule has 5 heteroatoms. The highest BCUT2D eigenvalue weighted by molar-refractivity contribution is 5.95. The maximum absolute atomic E-state index is 11.5. The van der Waals surface area contributed by atoms with Gasteiger partial charge in [0, 0.05) is 19.3 Å². The monoisotopic (exact) mass is 298 g/mol. The second-order valence-electron chi connectivity index (χ2n) is 5.52. The second-order valence-corrected chi connectivity index (χ2v) is 5.52. The Morgan fingerprint density at radius 3 is 1.62 bits per heavy atom. The van der Waals surface area contributed by atoms with Gasteiger partial charge >= 0.3 is 0 Å². The summed E-state index contributed by atoms with van der Waals surface area (Å²) in [4.78, 5) is 33.5. The standard InChI is InChI=1S/C16H30N2O3/c1-2-3-8-12-15(20)18-16(21)13-10-7-5-4-6-9-11-14(17)19/h2-13H2,1H3,(H2,17,19)(H,18,20,21). The number of unbranched alkanes of at least 4 members (excludes halogenated alkanes) is 7. The van der Waals surface area contributed by atoms with E-state index in [4.69, 9.17) is 5.73 Å². The van der Waals surface area contributed by atoms with E-state index < -0.39 is 0 Å². The molecular weight excluding hydrogens is 268 g/mol. The van der Waals surface area contributed by atoms with Crippen molar-refractivity contribution in [1.82, 2.24) is 5.32 Å². The summed E-state index contributed by atoms with van der Waals surface area (Å²) in [7, 11) is 0. The van der Waals surface area contributed by atoms with Crippen LogP contribution in [0.1, 0.15) is 84.0 Å². The van der Waals surface area contributed by atoms with E-state index in [1.807, 2.05) is 0 Å². The Morgan fingerprint density at radius 1 is 0.714 bits per heavy atom. The quantitative estimate of drug-likeness (QED) is 0.512. The zero-order valence-corrected chi connectivity index (χ0v) is 13.3. The SMILES string of the molecule is CCCCCC(=O)NC(=O)CCCCCCCCC(N)=O. The van der Waals surface area contributed by atoms with Crippen LogP contribution in [0.5, 0.6) is 0 Å². The van der Waals surface area contributed by atoms with E-state index in [1.54, 1.807) is 0 Å². The number of primary amides is 1. The number of amides is 3. The summed E-state index contributed by atoms with van der Waals surface area (Å²) >= 11 is 0. The molecule has 0 aliphatic rings. The van der Waals surface area contributed by atoms with Crippen molar-refractivity contribution in [2.45, 2.75) is 84.0 Å². The van der Waals surface area contributed by atoms with Crippen LogP contribution in [0.2, 0.25) is 0 Å². The molecule has 0 bridgehead atoms. The number of nitrogens with two attached hydrogens (primary N) is 1. The first-order valence-corrected chi connectivity index (χ1v) is 8.17. The van der Waals surface area contributed by atoms with Crippen LogP contribution in [0.15, 0.2) is 0 Å². The van der Waals surface area contributed by atoms with Crippen LogP contribution in [0.4, 0.5) is 0 Å². The summed E-state index contributed by atoms with van der Waals surface area (Å²) in [5.41, 5.74) is 5.06. The van der Waals surface area contributed by atoms with Gasteiger partial charge in [-0.25, -0.2) is 0 Å². The normalized spacial score (nSPS) is 10.3. The van der Waals surface area contributed by atoms with Crippen LogP contribution in [-0.2, 0) is 14.4 Å². The van der Waals surface area contributed by atoms with Crippen molar-refractivity contribution >= 4 is 17.7 Å². The van der Waals surface area contributed by atoms with Gasteiger partial charge in [0.15, 0.2) is 0 Å². The van der Waals surface area contributed by atoms with E-state index in [9.17, 15) is 14.4 Å². The van der Waals surface area contributed by atoms with Crippen LogP contribution in [0.25, 0.3) is 0 Å². The van der Waals surface area contributed by atoms with Crippen LogP contribution < -0.4 is 11.1 Å². The number of rotatable bonds is 13. The van der Waals surface area contributed by atoms with Crippen molar-refractivity contribution in [1.29, 1.82) is 0 Å². The molecule has 0 aromatic rings. The van der Waals surface area contributed by atoms with Crippen molar-refractivity contribution in [3.8, 4) is 0 Å². The van der Waals surface area contributed by atoms with E-state index >= 15 is 0 Å². The number of hydrogen-bond acceptors (Lipinski definition) is 3. The Kier molecular flexibility index (Phi) is 12.7. The fraction of sp³-hybridized carbons (Fsp3) is 0.812. The molecule has 0 heterocycles. The summed E-state index contributed by atoms with van der Waals surface area (Å²) in [5.74, 6) is -0.555. The third-order valence-corrected chi connectivity index (χ3v) is 3.36. The number of hydrogen-bond donors (Lipinski definition) is 2. The Bertz CT molecular complexity index is 317. The lowest BCUT2D eigenvalue weighted by molar-refractivity contribution is -0.130. The van der Waals surface area contributed by atoms with E-state index in [0.717, 1.165) is 57.8 Å². The molecular formula is C16H30N2O3. The fourth-order valence-electron chi connectivity index (χ4n) is 2.11. The molecule has 0 radical (unpaired) electrons. The van der Waals surface area contributed by atoms with Gasteiger partial charge in [-0.2, -0.15) is 0 Å². The first-order chi connectivity index (χ1) is 10.1. The van der Waals surface area contributed by atoms with Crippen molar-refractivity contribution in [3.63, 3.8) is 0 Å². The molecule has 0 spiro atoms. The van der Waals surface area contributed by atoms with E-state index in [1.165, 1.54) is 0 Å². The molecule has 0 aliphatic carbocycles. The number of imide groups is 1. The molecule has 0 aromatic heterocycles. The lowest BCUT2D eigenvalue weighted by Crippen LogP contribution is -2.29. The summed E-state index contributed by atoms with van der Waals surface area (Å²) in [6.45, 7) is 2.08. The molecule has 0 aromatic carbocycles. The predicted octanol–water partition coefficient (Wildman–Crippen LogP) is 2.82. The highest BCUT2D eigenvalue weighted by Gasteiger charge is 2.06. The molecule has 3 N–H and O–H groups in total. The molecule has 0 saturated carbocycles. The summed E-state index contributed by atoms with van der Waals surface area (Å²) in [6, 6.07) is 0. The van der Waals surface area contributed by atoms with Crippen molar-refractivity contribution in [3.05, 3.63) is 0 Å². The summed E-state index contributed by atoms with van der Waals surface area (Å²) in [5, 5.41) is 2.43. The van der Waals surface area contributed by atoms with E-state index in [-0.39, 0.29) is 17.7 Å². The molecule has 122 valence electrons. The molecule has 5 nitrogen and oxygen atoms in total. The third kappa shape index (κ3) is 14.8. The minimum atomic E-state index is -0.240. The molecule has 0 saturated heterocycles. The average molecular weight is 298 g/mol. The zero-order chi connectivity index (χ0) is 15.9. The van der Waals surface area contributed by atoms with Gasteiger partial charge in [-0.1, -0.05) is 45.4 Å². The van der Waals surface area contributed by atoms with Gasteiger partial charge < -0.3 is 5.73 Å². The first kappa shape index (κ1) is 19.6. The Hall–Kier alpha value is -1.39. The molecule has 0 rings (SSSR count). The molecule has 3 amide bonds. The van der Waals surface area contributed by atoms with Gasteiger partial charge in [0.1, 0.15) is 0 Å². The molecule has 21 heavy (non-hydrogen) atoms. The lowest BCUT2D eigenvalue weighted by atomic mass is 10.1. The third-order valence-electron chi connectivity index (χ3n) is 3.36. The maximum Gasteiger partial charge on any atom is 0.226 e. The van der Waals surface area contributed by atoms with E-state index in [0.29, 0.717) is 19.3 Å². The Morgan fingerprint density at radius 2 is 1.14 bits per heavy atom. The van der Waals surface area contributed by atoms with Crippen LogP contribution in [0, 0.1) is 0 Å². The predicted molar refractivity (Wildman–Crippen MR) is 83.4 cm³/mol. The number of nitrogens with one attached hydrogen (secondary N) is 1. The molecule has 0 atom stereocenters. The van der Waals surface area contributed by atoms with Crippen molar-refractivity contribution in [2.75, 3.05) is 0 Å². The Balaban J connectivity index is 3.37. The Labute approximate surface area is 128 Å². The van der Waals surface area contributed by atoms with Gasteiger partial charge in [-0.15, -0.1) is 0 Å². The summed E-state index contributed by atoms with van der Waals surface area (Å²) < 4.78 is 0. The molecule has 0 unspecified atom stereocenters. The smallest absolute Gasteiger partial charge is 0.226 e. The van der Waals surface area contributed by atoms with Gasteiger partial charge in [-0.05, 0) is 19.3 Å². The van der Waals surface area contributed by atoms with Crippen LogP contribution in [0.3, 0.4) is 0 Å². The molecule has 0 fully saturated rings. The zero-order valence-electron chi connectivity index (χ0n) is 13.3. The van der Waals surface area contributed by atoms with Gasteiger partial charge in [0.25, 0.3) is 0 Å². The van der Waals surface area contributed by atoms with Crippen LogP contribution >= 0.6 is 0 Å². The van der Waals surface area contributed by atoms with Crippen LogP contribution in [-0.4, -0.2) is 17.7 Å². The van der Waals surface area contributed by atoms with E-state index in [2.05, 4.69) is 12.2 Å². The maximum atomic E-state index is 11.5. The topological polar surface area (TPSA) is 89.3 Å². The lowest BCUT2D eigenvalue weighted by Gasteiger charge is -2.04. The number of carbonyl (C=O) groups is 3. The average Bonchev–Trinajstić information content (AvgIpc) is 2.41. The minimum Gasteiger partial charge on any atom is -0.370 e.